The number of rotatable bonds is 6. The number of halogens is 1. The zero-order valence-electron chi connectivity index (χ0n) is 15.4. The van der Waals surface area contributed by atoms with Crippen molar-refractivity contribution in [2.24, 2.45) is 4.99 Å². The van der Waals surface area contributed by atoms with Gasteiger partial charge in [-0.1, -0.05) is 36.4 Å². The zero-order valence-corrected chi connectivity index (χ0v) is 15.4. The summed E-state index contributed by atoms with van der Waals surface area (Å²) in [5, 5.41) is 5.98. The van der Waals surface area contributed by atoms with Gasteiger partial charge in [0.2, 0.25) is 0 Å². The number of carbonyl (C=O) groups excluding carboxylic acids is 1. The van der Waals surface area contributed by atoms with Crippen LogP contribution in [0.1, 0.15) is 21.5 Å². The van der Waals surface area contributed by atoms with Crippen LogP contribution in [0, 0.1) is 12.7 Å². The highest BCUT2D eigenvalue weighted by Gasteiger charge is 2.08. The van der Waals surface area contributed by atoms with Crippen LogP contribution in [0.25, 0.3) is 0 Å². The summed E-state index contributed by atoms with van der Waals surface area (Å²) in [6.45, 7) is 3.17. The molecule has 0 aliphatic heterocycles. The average molecular weight is 356 g/mol. The number of nitrogens with zero attached hydrogens (tertiary/aromatic N) is 2. The van der Waals surface area contributed by atoms with Crippen molar-refractivity contribution in [2.45, 2.75) is 13.5 Å². The lowest BCUT2D eigenvalue weighted by Crippen LogP contribution is -2.41. The first-order chi connectivity index (χ1) is 12.5. The van der Waals surface area contributed by atoms with E-state index in [0.717, 1.165) is 11.5 Å². The molecule has 138 valence electrons. The van der Waals surface area contributed by atoms with E-state index in [-0.39, 0.29) is 11.7 Å². The molecule has 0 saturated carbocycles. The third-order valence-electron chi connectivity index (χ3n) is 3.81. The van der Waals surface area contributed by atoms with Gasteiger partial charge in [-0.2, -0.15) is 0 Å². The smallest absolute Gasteiger partial charge is 0.251 e. The number of amides is 1. The fraction of sp³-hybridized carbons (Fsp3) is 0.300. The van der Waals surface area contributed by atoms with Gasteiger partial charge in [0.25, 0.3) is 5.91 Å². The van der Waals surface area contributed by atoms with Crippen molar-refractivity contribution >= 4 is 11.9 Å². The van der Waals surface area contributed by atoms with Gasteiger partial charge in [-0.05, 0) is 30.2 Å². The van der Waals surface area contributed by atoms with Gasteiger partial charge in [0.15, 0.2) is 5.96 Å². The summed E-state index contributed by atoms with van der Waals surface area (Å²) in [5.74, 6) is 0.0709. The second-order valence-corrected chi connectivity index (χ2v) is 6.17. The summed E-state index contributed by atoms with van der Waals surface area (Å²) >= 11 is 0. The van der Waals surface area contributed by atoms with Crippen molar-refractivity contribution in [1.29, 1.82) is 0 Å². The summed E-state index contributed by atoms with van der Waals surface area (Å²) in [4.78, 5) is 18.5. The molecule has 6 heteroatoms. The number of hydrogen-bond acceptors (Lipinski definition) is 2. The molecule has 1 amide bonds. The quantitative estimate of drug-likeness (QED) is 0.475. The van der Waals surface area contributed by atoms with Crippen LogP contribution in [0.15, 0.2) is 53.5 Å². The van der Waals surface area contributed by atoms with Crippen LogP contribution in [0.2, 0.25) is 0 Å². The maximum absolute atomic E-state index is 13.5. The summed E-state index contributed by atoms with van der Waals surface area (Å²) in [6, 6.07) is 14.5. The van der Waals surface area contributed by atoms with E-state index in [4.69, 9.17) is 0 Å². The first-order valence-electron chi connectivity index (χ1n) is 8.51. The number of benzene rings is 2. The molecule has 0 spiro atoms. The molecule has 0 radical (unpaired) electrons. The van der Waals surface area contributed by atoms with Gasteiger partial charge in [0.1, 0.15) is 5.82 Å². The maximum atomic E-state index is 13.5. The molecular formula is C20H25FN4O. The van der Waals surface area contributed by atoms with E-state index in [9.17, 15) is 9.18 Å². The van der Waals surface area contributed by atoms with E-state index in [1.165, 1.54) is 6.07 Å². The Morgan fingerprint density at radius 3 is 2.42 bits per heavy atom. The van der Waals surface area contributed by atoms with Crippen molar-refractivity contribution in [1.82, 2.24) is 15.5 Å². The van der Waals surface area contributed by atoms with Crippen LogP contribution in [-0.2, 0) is 6.54 Å². The first-order valence-corrected chi connectivity index (χ1v) is 8.51. The first kappa shape index (κ1) is 19.4. The fourth-order valence-electron chi connectivity index (χ4n) is 2.29. The molecule has 2 aromatic carbocycles. The number of carbonyl (C=O) groups is 1. The van der Waals surface area contributed by atoms with Gasteiger partial charge in [-0.3, -0.25) is 4.79 Å². The molecule has 0 atom stereocenters. The topological polar surface area (TPSA) is 56.7 Å². The van der Waals surface area contributed by atoms with Gasteiger partial charge in [0, 0.05) is 32.7 Å². The minimum absolute atomic E-state index is 0.293. The van der Waals surface area contributed by atoms with E-state index in [0.29, 0.717) is 30.8 Å². The van der Waals surface area contributed by atoms with Crippen LogP contribution in [0.5, 0.6) is 0 Å². The molecule has 0 fully saturated rings. The molecule has 2 rings (SSSR count). The summed E-state index contributed by atoms with van der Waals surface area (Å²) in [5.41, 5.74) is 1.97. The molecular weight excluding hydrogens is 331 g/mol. The molecule has 26 heavy (non-hydrogen) atoms. The third-order valence-corrected chi connectivity index (χ3v) is 3.81. The molecule has 0 unspecified atom stereocenters. The lowest BCUT2D eigenvalue weighted by molar-refractivity contribution is 0.0954. The fourth-order valence-corrected chi connectivity index (χ4v) is 2.29. The highest BCUT2D eigenvalue weighted by Crippen LogP contribution is 2.08. The summed E-state index contributed by atoms with van der Waals surface area (Å²) in [7, 11) is 3.81. The predicted molar refractivity (Wildman–Crippen MR) is 103 cm³/mol. The van der Waals surface area contributed by atoms with E-state index < -0.39 is 0 Å². The molecule has 0 aromatic heterocycles. The molecule has 0 aliphatic carbocycles. The molecule has 0 bridgehead atoms. The Kier molecular flexibility index (Phi) is 7.14. The number of hydrogen-bond donors (Lipinski definition) is 2. The normalized spacial score (nSPS) is 11.2. The van der Waals surface area contributed by atoms with E-state index in [2.05, 4.69) is 15.6 Å². The Labute approximate surface area is 153 Å². The second-order valence-electron chi connectivity index (χ2n) is 6.17. The van der Waals surface area contributed by atoms with Gasteiger partial charge < -0.3 is 15.5 Å². The Balaban J connectivity index is 1.82. The number of aliphatic imine (C=N–C) groups is 1. The second kappa shape index (κ2) is 9.56. The Morgan fingerprint density at radius 1 is 1.08 bits per heavy atom. The van der Waals surface area contributed by atoms with E-state index in [1.54, 1.807) is 19.1 Å². The number of nitrogens with one attached hydrogen (secondary N) is 2. The third kappa shape index (κ3) is 5.88. The lowest BCUT2D eigenvalue weighted by Gasteiger charge is -2.18. The highest BCUT2D eigenvalue weighted by molar-refractivity contribution is 5.94. The summed E-state index contributed by atoms with van der Waals surface area (Å²) in [6.07, 6.45) is 0. The lowest BCUT2D eigenvalue weighted by atomic mass is 10.1. The number of guanidine groups is 1. The van der Waals surface area contributed by atoms with Crippen molar-refractivity contribution in [3.63, 3.8) is 0 Å². The van der Waals surface area contributed by atoms with Gasteiger partial charge >= 0.3 is 0 Å². The van der Waals surface area contributed by atoms with Crippen molar-refractivity contribution in [3.8, 4) is 0 Å². The monoisotopic (exact) mass is 356 g/mol. The Morgan fingerprint density at radius 2 is 1.77 bits per heavy atom. The van der Waals surface area contributed by atoms with Crippen LogP contribution in [0.4, 0.5) is 4.39 Å². The Hall–Kier alpha value is -2.89. The number of aryl methyl sites for hydroxylation is 1. The van der Waals surface area contributed by atoms with Crippen LogP contribution in [0.3, 0.4) is 0 Å². The molecule has 0 saturated heterocycles. The van der Waals surface area contributed by atoms with Gasteiger partial charge in [-0.25, -0.2) is 9.38 Å². The minimum atomic E-state index is -0.376. The average Bonchev–Trinajstić information content (AvgIpc) is 2.63. The zero-order chi connectivity index (χ0) is 18.9. The van der Waals surface area contributed by atoms with Crippen LogP contribution < -0.4 is 10.6 Å². The summed E-state index contributed by atoms with van der Waals surface area (Å²) < 4.78 is 13.5. The predicted octanol–water partition coefficient (Wildman–Crippen LogP) is 2.57. The van der Waals surface area contributed by atoms with Crippen LogP contribution >= 0.6 is 0 Å². The van der Waals surface area contributed by atoms with Crippen molar-refractivity contribution in [3.05, 3.63) is 71.0 Å². The van der Waals surface area contributed by atoms with Crippen molar-refractivity contribution < 1.29 is 9.18 Å². The standard InChI is InChI=1S/C20H25FN4O/c1-15-9-10-17(13-18(15)21)19(26)22-11-12-23-20(25(2)3)24-14-16-7-5-4-6-8-16/h4-10,13H,11-12,14H2,1-3H3,(H,22,26)(H,23,24). The largest absolute Gasteiger partial charge is 0.354 e. The molecule has 0 aliphatic rings. The van der Waals surface area contributed by atoms with E-state index in [1.807, 2.05) is 49.3 Å². The Bertz CT molecular complexity index is 760. The van der Waals surface area contributed by atoms with Gasteiger partial charge in [0.05, 0.1) is 6.54 Å². The van der Waals surface area contributed by atoms with E-state index >= 15 is 0 Å². The molecule has 5 nitrogen and oxygen atoms in total. The maximum Gasteiger partial charge on any atom is 0.251 e. The van der Waals surface area contributed by atoms with Crippen molar-refractivity contribution in [2.75, 3.05) is 27.2 Å². The SMILES string of the molecule is Cc1ccc(C(=O)NCCNC(=NCc2ccccc2)N(C)C)cc1F. The highest BCUT2D eigenvalue weighted by atomic mass is 19.1. The molecule has 0 heterocycles. The van der Waals surface area contributed by atoms with Crippen LogP contribution in [-0.4, -0.2) is 44.0 Å². The molecule has 2 N–H and O–H groups in total. The van der Waals surface area contributed by atoms with Gasteiger partial charge in [-0.15, -0.1) is 0 Å². The minimum Gasteiger partial charge on any atom is -0.354 e. The molecule has 2 aromatic rings.